The first-order valence-electron chi connectivity index (χ1n) is 9.63. The number of rotatable bonds is 8. The minimum absolute atomic E-state index is 0.110. The fourth-order valence-electron chi connectivity index (χ4n) is 3.06. The van der Waals surface area contributed by atoms with Crippen LogP contribution in [0, 0.1) is 0 Å². The topological polar surface area (TPSA) is 66.2 Å². The summed E-state index contributed by atoms with van der Waals surface area (Å²) in [7, 11) is 1.61. The second kappa shape index (κ2) is 9.96. The lowest BCUT2D eigenvalue weighted by Gasteiger charge is -2.14. The van der Waals surface area contributed by atoms with E-state index in [4.69, 9.17) is 26.1 Å². The van der Waals surface area contributed by atoms with Crippen LogP contribution in [0.3, 0.4) is 0 Å². The second-order valence-electron chi connectivity index (χ2n) is 6.69. The van der Waals surface area contributed by atoms with E-state index in [1.54, 1.807) is 42.3 Å². The molecule has 2 aromatic heterocycles. The van der Waals surface area contributed by atoms with Crippen LogP contribution in [0.2, 0.25) is 5.02 Å². The fraction of sp³-hybridized carbons (Fsp3) is 0.174. The predicted octanol–water partition coefficient (Wildman–Crippen LogP) is 5.18. The summed E-state index contributed by atoms with van der Waals surface area (Å²) in [6, 6.07) is 16.6. The molecule has 2 heterocycles. The fourth-order valence-corrected chi connectivity index (χ4v) is 4.25. The minimum atomic E-state index is -0.110. The van der Waals surface area contributed by atoms with Gasteiger partial charge < -0.3 is 9.47 Å². The Morgan fingerprint density at radius 2 is 2.00 bits per heavy atom. The first-order valence-corrected chi connectivity index (χ1v) is 11.0. The maximum absolute atomic E-state index is 13.1. The largest absolute Gasteiger partial charge is 0.455 e. The van der Waals surface area contributed by atoms with Crippen molar-refractivity contribution in [1.29, 1.82) is 0 Å². The van der Waals surface area contributed by atoms with Gasteiger partial charge in [-0.05, 0) is 36.4 Å². The molecule has 0 unspecified atom stereocenters. The Morgan fingerprint density at radius 3 is 2.81 bits per heavy atom. The summed E-state index contributed by atoms with van der Waals surface area (Å²) >= 11 is 7.59. The van der Waals surface area contributed by atoms with E-state index >= 15 is 0 Å². The summed E-state index contributed by atoms with van der Waals surface area (Å²) in [6.45, 7) is 0.825. The Hall–Kier alpha value is -2.87. The smallest absolute Gasteiger partial charge is 0.262 e. The third-order valence-electron chi connectivity index (χ3n) is 4.59. The van der Waals surface area contributed by atoms with Crippen molar-refractivity contribution in [3.63, 3.8) is 0 Å². The minimum Gasteiger partial charge on any atom is -0.455 e. The van der Waals surface area contributed by atoms with E-state index < -0.39 is 0 Å². The van der Waals surface area contributed by atoms with Crippen LogP contribution >= 0.6 is 23.4 Å². The van der Waals surface area contributed by atoms with Gasteiger partial charge in [0.2, 0.25) is 0 Å². The molecule has 0 radical (unpaired) electrons. The van der Waals surface area contributed by atoms with Gasteiger partial charge in [-0.2, -0.15) is 0 Å². The lowest BCUT2D eigenvalue weighted by Crippen LogP contribution is -2.25. The maximum Gasteiger partial charge on any atom is 0.262 e. The molecule has 0 N–H and O–H groups in total. The number of hydrogen-bond donors (Lipinski definition) is 0. The monoisotopic (exact) mass is 453 g/mol. The van der Waals surface area contributed by atoms with E-state index in [1.807, 2.05) is 36.4 Å². The molecule has 2 aromatic carbocycles. The van der Waals surface area contributed by atoms with Gasteiger partial charge in [-0.25, -0.2) is 4.98 Å². The van der Waals surface area contributed by atoms with Crippen LogP contribution in [-0.2, 0) is 17.0 Å². The summed E-state index contributed by atoms with van der Waals surface area (Å²) in [5.74, 6) is 1.97. The number of pyridine rings is 1. The molecule has 0 aliphatic heterocycles. The molecule has 0 saturated carbocycles. The van der Waals surface area contributed by atoms with E-state index in [9.17, 15) is 4.79 Å². The Morgan fingerprint density at radius 1 is 1.13 bits per heavy atom. The molecule has 0 bridgehead atoms. The number of halogens is 1. The average Bonchev–Trinajstić information content (AvgIpc) is 2.78. The van der Waals surface area contributed by atoms with Crippen molar-refractivity contribution in [3.05, 3.63) is 87.9 Å². The summed E-state index contributed by atoms with van der Waals surface area (Å²) < 4.78 is 12.8. The lowest BCUT2D eigenvalue weighted by molar-refractivity contribution is 0.183. The third-order valence-corrected chi connectivity index (χ3v) is 5.85. The molecule has 0 saturated heterocycles. The Bertz CT molecular complexity index is 1250. The van der Waals surface area contributed by atoms with Gasteiger partial charge >= 0.3 is 0 Å². The van der Waals surface area contributed by atoms with Crippen LogP contribution in [0.1, 0.15) is 5.56 Å². The van der Waals surface area contributed by atoms with E-state index in [-0.39, 0.29) is 5.56 Å². The molecule has 8 heteroatoms. The number of ether oxygens (including phenoxy) is 2. The first kappa shape index (κ1) is 21.4. The van der Waals surface area contributed by atoms with Gasteiger partial charge in [0.15, 0.2) is 5.16 Å². The Labute approximate surface area is 188 Å². The van der Waals surface area contributed by atoms with Crippen LogP contribution in [0.15, 0.2) is 76.9 Å². The molecular weight excluding hydrogens is 434 g/mol. The molecular formula is C23H20ClN3O3S. The average molecular weight is 454 g/mol. The normalized spacial score (nSPS) is 11.0. The van der Waals surface area contributed by atoms with Gasteiger partial charge in [-0.15, -0.1) is 0 Å². The van der Waals surface area contributed by atoms with E-state index in [0.717, 1.165) is 11.3 Å². The summed E-state index contributed by atoms with van der Waals surface area (Å²) in [5.41, 5.74) is 1.45. The molecule has 0 aliphatic rings. The van der Waals surface area contributed by atoms with Crippen LogP contribution in [0.5, 0.6) is 11.5 Å². The maximum atomic E-state index is 13.1. The number of para-hydroxylation sites is 1. The quantitative estimate of drug-likeness (QED) is 0.270. The number of benzene rings is 2. The predicted molar refractivity (Wildman–Crippen MR) is 123 cm³/mol. The molecule has 0 aliphatic carbocycles. The van der Waals surface area contributed by atoms with Crippen molar-refractivity contribution < 1.29 is 9.47 Å². The molecule has 4 rings (SSSR count). The SMILES string of the molecule is COCCn1c(SCc2ccccc2Oc2cccnc2)nc2cc(Cl)ccc2c1=O. The standard InChI is InChI=1S/C23H20ClN3O3S/c1-29-12-11-27-22(28)19-9-8-17(24)13-20(19)26-23(27)31-15-16-5-2-3-7-21(16)30-18-6-4-10-25-14-18/h2-10,13-14H,11-12,15H2,1H3. The highest BCUT2D eigenvalue weighted by atomic mass is 35.5. The molecule has 4 aromatic rings. The Balaban J connectivity index is 1.65. The lowest BCUT2D eigenvalue weighted by atomic mass is 10.2. The van der Waals surface area contributed by atoms with Gasteiger partial charge in [0, 0.05) is 29.6 Å². The van der Waals surface area contributed by atoms with Crippen LogP contribution in [0.25, 0.3) is 10.9 Å². The summed E-state index contributed by atoms with van der Waals surface area (Å²) in [6.07, 6.45) is 3.37. The molecule has 0 fully saturated rings. The van der Waals surface area contributed by atoms with Crippen LogP contribution in [-0.4, -0.2) is 28.3 Å². The van der Waals surface area contributed by atoms with Gasteiger partial charge in [0.25, 0.3) is 5.56 Å². The number of methoxy groups -OCH3 is 1. The van der Waals surface area contributed by atoms with Gasteiger partial charge in [-0.1, -0.05) is 41.6 Å². The number of fused-ring (bicyclic) bond motifs is 1. The molecule has 0 spiro atoms. The molecule has 6 nitrogen and oxygen atoms in total. The molecule has 31 heavy (non-hydrogen) atoms. The number of thioether (sulfide) groups is 1. The Kier molecular flexibility index (Phi) is 6.86. The molecule has 0 atom stereocenters. The van der Waals surface area contributed by atoms with Crippen molar-refractivity contribution >= 4 is 34.3 Å². The number of nitrogens with zero attached hydrogens (tertiary/aromatic N) is 3. The highest BCUT2D eigenvalue weighted by molar-refractivity contribution is 7.98. The van der Waals surface area contributed by atoms with Crippen molar-refractivity contribution in [2.24, 2.45) is 0 Å². The van der Waals surface area contributed by atoms with Gasteiger partial charge in [0.05, 0.1) is 30.3 Å². The zero-order chi connectivity index (χ0) is 21.6. The molecule has 158 valence electrons. The van der Waals surface area contributed by atoms with Gasteiger partial charge in [0.1, 0.15) is 11.5 Å². The van der Waals surface area contributed by atoms with Crippen molar-refractivity contribution in [3.8, 4) is 11.5 Å². The number of hydrogen-bond acceptors (Lipinski definition) is 6. The van der Waals surface area contributed by atoms with Crippen molar-refractivity contribution in [2.45, 2.75) is 17.5 Å². The highest BCUT2D eigenvalue weighted by Crippen LogP contribution is 2.30. The first-order chi connectivity index (χ1) is 15.2. The zero-order valence-corrected chi connectivity index (χ0v) is 18.4. The highest BCUT2D eigenvalue weighted by Gasteiger charge is 2.14. The van der Waals surface area contributed by atoms with Crippen molar-refractivity contribution in [2.75, 3.05) is 13.7 Å². The van der Waals surface area contributed by atoms with Gasteiger partial charge in [-0.3, -0.25) is 14.3 Å². The van der Waals surface area contributed by atoms with E-state index in [1.165, 1.54) is 11.8 Å². The summed E-state index contributed by atoms with van der Waals surface area (Å²) in [5, 5.41) is 1.68. The van der Waals surface area contributed by atoms with E-state index in [2.05, 4.69) is 4.98 Å². The number of aromatic nitrogens is 3. The van der Waals surface area contributed by atoms with Crippen molar-refractivity contribution in [1.82, 2.24) is 14.5 Å². The van der Waals surface area contributed by atoms with Crippen LogP contribution in [0.4, 0.5) is 0 Å². The summed E-state index contributed by atoms with van der Waals surface area (Å²) in [4.78, 5) is 21.9. The third kappa shape index (κ3) is 5.07. The van der Waals surface area contributed by atoms with Crippen LogP contribution < -0.4 is 10.3 Å². The van der Waals surface area contributed by atoms with E-state index in [0.29, 0.717) is 45.7 Å². The second-order valence-corrected chi connectivity index (χ2v) is 8.07. The molecule has 0 amide bonds. The zero-order valence-electron chi connectivity index (χ0n) is 16.8.